The van der Waals surface area contributed by atoms with Crippen molar-refractivity contribution in [3.05, 3.63) is 48.0 Å². The Kier molecular flexibility index (Phi) is 11.3. The zero-order valence-corrected chi connectivity index (χ0v) is 26.1. The first-order chi connectivity index (χ1) is 19.1. The summed E-state index contributed by atoms with van der Waals surface area (Å²) >= 11 is 1.41. The number of ether oxygens (including phenoxy) is 2. The van der Waals surface area contributed by atoms with E-state index in [2.05, 4.69) is 0 Å². The third-order valence-corrected chi connectivity index (χ3v) is 9.38. The lowest BCUT2D eigenvalue weighted by Crippen LogP contribution is -2.50. The van der Waals surface area contributed by atoms with Gasteiger partial charge in [-0.05, 0) is 64.3 Å². The van der Waals surface area contributed by atoms with Crippen LogP contribution in [0.5, 0.6) is 5.75 Å². The maximum atomic E-state index is 13.7. The summed E-state index contributed by atoms with van der Waals surface area (Å²) in [5.41, 5.74) is 1.06. The van der Waals surface area contributed by atoms with Gasteiger partial charge in [0, 0.05) is 44.8 Å². The van der Waals surface area contributed by atoms with Crippen molar-refractivity contribution in [2.24, 2.45) is 0 Å². The summed E-state index contributed by atoms with van der Waals surface area (Å²) in [6.07, 6.45) is -0.441. The van der Waals surface area contributed by atoms with E-state index in [4.69, 9.17) is 14.5 Å². The normalized spacial score (nSPS) is 14.1. The predicted molar refractivity (Wildman–Crippen MR) is 162 cm³/mol. The largest absolute Gasteiger partial charge is 0.492 e. The Morgan fingerprint density at radius 3 is 2.27 bits per heavy atom. The minimum Gasteiger partial charge on any atom is -0.492 e. The number of thiazole rings is 1. The summed E-state index contributed by atoms with van der Waals surface area (Å²) in [4.78, 5) is 35.6. The van der Waals surface area contributed by atoms with Gasteiger partial charge in [-0.25, -0.2) is 18.2 Å². The second kappa shape index (κ2) is 14.3. The molecule has 2 aromatic carbocycles. The first-order valence-electron chi connectivity index (χ1n) is 13.2. The molecule has 1 fully saturated rings. The first kappa shape index (κ1) is 32.5. The SMILES string of the molecule is CCOC(=O)N1CCN(S(=O)(=O)c2ccc(C(=O)N(CCN(C)C)c3nc4c(OCC)cccc4s3)cc2)CC1.Cl. The van der Waals surface area contributed by atoms with Crippen LogP contribution in [0.2, 0.25) is 0 Å². The highest BCUT2D eigenvalue weighted by atomic mass is 35.5. The molecule has 0 atom stereocenters. The van der Waals surface area contributed by atoms with Crippen LogP contribution in [-0.2, 0) is 14.8 Å². The highest BCUT2D eigenvalue weighted by Gasteiger charge is 2.31. The van der Waals surface area contributed by atoms with Gasteiger partial charge in [-0.3, -0.25) is 9.69 Å². The van der Waals surface area contributed by atoms with Crippen LogP contribution in [0, 0.1) is 0 Å². The fourth-order valence-electron chi connectivity index (χ4n) is 4.28. The molecule has 0 saturated carbocycles. The molecule has 0 unspecified atom stereocenters. The number of hydrogen-bond donors (Lipinski definition) is 0. The smallest absolute Gasteiger partial charge is 0.409 e. The molecule has 1 saturated heterocycles. The van der Waals surface area contributed by atoms with Gasteiger partial charge >= 0.3 is 6.09 Å². The van der Waals surface area contributed by atoms with Gasteiger partial charge in [-0.1, -0.05) is 17.4 Å². The molecular formula is C27H36ClN5O6S2. The molecule has 224 valence electrons. The highest BCUT2D eigenvalue weighted by molar-refractivity contribution is 7.89. The monoisotopic (exact) mass is 625 g/mol. The molecule has 0 aliphatic carbocycles. The van der Waals surface area contributed by atoms with Crippen LogP contribution in [0.1, 0.15) is 24.2 Å². The average molecular weight is 626 g/mol. The second-order valence-corrected chi connectivity index (χ2v) is 12.4. The van der Waals surface area contributed by atoms with Crippen LogP contribution in [0.3, 0.4) is 0 Å². The van der Waals surface area contributed by atoms with E-state index in [0.717, 1.165) is 4.70 Å². The highest BCUT2D eigenvalue weighted by Crippen LogP contribution is 2.35. The number of carbonyl (C=O) groups excluding carboxylic acids is 2. The number of sulfonamides is 1. The number of nitrogens with zero attached hydrogens (tertiary/aromatic N) is 5. The molecule has 14 heteroatoms. The van der Waals surface area contributed by atoms with E-state index in [1.165, 1.54) is 44.8 Å². The van der Waals surface area contributed by atoms with E-state index in [1.54, 1.807) is 11.8 Å². The van der Waals surface area contributed by atoms with Gasteiger partial charge in [0.15, 0.2) is 5.13 Å². The number of hydrogen-bond acceptors (Lipinski definition) is 9. The molecule has 2 heterocycles. The molecular weight excluding hydrogens is 590 g/mol. The number of rotatable bonds is 10. The molecule has 4 rings (SSSR count). The predicted octanol–water partition coefficient (Wildman–Crippen LogP) is 3.79. The number of aromatic nitrogens is 1. The number of likely N-dealkylation sites (N-methyl/N-ethyl adjacent to an activating group) is 1. The second-order valence-electron chi connectivity index (χ2n) is 9.41. The Labute approximate surface area is 251 Å². The Balaban J connectivity index is 0.00000462. The quantitative estimate of drug-likeness (QED) is 0.335. The lowest BCUT2D eigenvalue weighted by Gasteiger charge is -2.33. The van der Waals surface area contributed by atoms with Crippen molar-refractivity contribution in [3.8, 4) is 5.75 Å². The molecule has 0 spiro atoms. The van der Waals surface area contributed by atoms with E-state index in [-0.39, 0.29) is 56.0 Å². The van der Waals surface area contributed by atoms with Crippen molar-refractivity contribution in [2.45, 2.75) is 18.7 Å². The molecule has 41 heavy (non-hydrogen) atoms. The summed E-state index contributed by atoms with van der Waals surface area (Å²) in [6.45, 7) is 6.27. The van der Waals surface area contributed by atoms with Crippen LogP contribution >= 0.6 is 23.7 Å². The van der Waals surface area contributed by atoms with Gasteiger partial charge in [-0.2, -0.15) is 4.31 Å². The summed E-state index contributed by atoms with van der Waals surface area (Å²) in [5, 5.41) is 0.546. The molecule has 0 radical (unpaired) electrons. The molecule has 1 aliphatic heterocycles. The molecule has 0 bridgehead atoms. The van der Waals surface area contributed by atoms with Crippen molar-refractivity contribution in [2.75, 3.05) is 71.5 Å². The van der Waals surface area contributed by atoms with Crippen LogP contribution in [0.4, 0.5) is 9.93 Å². The maximum absolute atomic E-state index is 13.7. The van der Waals surface area contributed by atoms with Crippen LogP contribution < -0.4 is 9.64 Å². The number of anilines is 1. The van der Waals surface area contributed by atoms with Crippen molar-refractivity contribution in [1.29, 1.82) is 0 Å². The standard InChI is InChI=1S/C27H35N5O6S2.ClH/c1-5-37-22-8-7-9-23-24(22)28-26(39-23)32(19-14-29(3)4)25(33)20-10-12-21(13-11-20)40(35,36)31-17-15-30(16-18-31)27(34)38-6-2;/h7-13H,5-6,14-19H2,1-4H3;1H. The van der Waals surface area contributed by atoms with Crippen molar-refractivity contribution < 1.29 is 27.5 Å². The van der Waals surface area contributed by atoms with Gasteiger partial charge in [0.25, 0.3) is 5.91 Å². The number of carbonyl (C=O) groups is 2. The molecule has 1 aromatic heterocycles. The minimum atomic E-state index is -3.79. The van der Waals surface area contributed by atoms with Crippen LogP contribution in [-0.4, -0.2) is 106 Å². The zero-order valence-electron chi connectivity index (χ0n) is 23.6. The van der Waals surface area contributed by atoms with Gasteiger partial charge in [0.2, 0.25) is 10.0 Å². The van der Waals surface area contributed by atoms with Crippen molar-refractivity contribution in [3.63, 3.8) is 0 Å². The topological polar surface area (TPSA) is 113 Å². The fourth-order valence-corrected chi connectivity index (χ4v) is 6.71. The Morgan fingerprint density at radius 2 is 1.66 bits per heavy atom. The summed E-state index contributed by atoms with van der Waals surface area (Å²) in [7, 11) is 0.0733. The fraction of sp³-hybridized carbons (Fsp3) is 0.444. The lowest BCUT2D eigenvalue weighted by molar-refractivity contribution is 0.0933. The van der Waals surface area contributed by atoms with Gasteiger partial charge in [0.05, 0.1) is 22.8 Å². The number of piperazine rings is 1. The number of halogens is 1. The van der Waals surface area contributed by atoms with E-state index >= 15 is 0 Å². The molecule has 3 aromatic rings. The molecule has 0 N–H and O–H groups in total. The van der Waals surface area contributed by atoms with Crippen LogP contribution in [0.15, 0.2) is 47.4 Å². The first-order valence-corrected chi connectivity index (χ1v) is 15.4. The number of para-hydroxylation sites is 1. The van der Waals surface area contributed by atoms with E-state index < -0.39 is 16.1 Å². The molecule has 11 nitrogen and oxygen atoms in total. The van der Waals surface area contributed by atoms with Crippen molar-refractivity contribution >= 4 is 61.1 Å². The number of benzene rings is 2. The maximum Gasteiger partial charge on any atom is 0.409 e. The summed E-state index contributed by atoms with van der Waals surface area (Å²) < 4.78 is 39.5. The Hall–Kier alpha value is -2.97. The number of fused-ring (bicyclic) bond motifs is 1. The summed E-state index contributed by atoms with van der Waals surface area (Å²) in [6, 6.07) is 11.7. The van der Waals surface area contributed by atoms with Crippen molar-refractivity contribution in [1.82, 2.24) is 19.1 Å². The van der Waals surface area contributed by atoms with Gasteiger partial charge < -0.3 is 19.3 Å². The third kappa shape index (κ3) is 7.46. The lowest BCUT2D eigenvalue weighted by atomic mass is 10.2. The van der Waals surface area contributed by atoms with E-state index in [1.807, 2.05) is 44.1 Å². The third-order valence-electron chi connectivity index (χ3n) is 6.42. The van der Waals surface area contributed by atoms with Crippen LogP contribution in [0.25, 0.3) is 10.2 Å². The Bertz CT molecular complexity index is 1440. The van der Waals surface area contributed by atoms with Gasteiger partial charge in [-0.15, -0.1) is 12.4 Å². The zero-order chi connectivity index (χ0) is 28.9. The molecule has 1 aliphatic rings. The number of amides is 2. The van der Waals surface area contributed by atoms with E-state index in [9.17, 15) is 18.0 Å². The average Bonchev–Trinajstić information content (AvgIpc) is 3.38. The summed E-state index contributed by atoms with van der Waals surface area (Å²) in [5.74, 6) is 0.394. The van der Waals surface area contributed by atoms with E-state index in [0.29, 0.717) is 41.7 Å². The minimum absolute atomic E-state index is 0. The van der Waals surface area contributed by atoms with Gasteiger partial charge in [0.1, 0.15) is 11.3 Å². The molecule has 2 amide bonds. The Morgan fingerprint density at radius 1 is 0.976 bits per heavy atom.